The molecule has 0 saturated carbocycles. The highest BCUT2D eigenvalue weighted by Crippen LogP contribution is 2.28. The fraction of sp³-hybridized carbons (Fsp3) is 0.409. The molecule has 1 N–H and O–H groups in total. The highest BCUT2D eigenvalue weighted by atomic mass is 16.5. The summed E-state index contributed by atoms with van der Waals surface area (Å²) in [5.74, 6) is 1.59. The molecule has 0 atom stereocenters. The average Bonchev–Trinajstić information content (AvgIpc) is 2.63. The number of aryl methyl sites for hydroxylation is 3. The summed E-state index contributed by atoms with van der Waals surface area (Å²) in [4.78, 5) is 12.2. The second kappa shape index (κ2) is 9.85. The molecular weight excluding hydrogens is 326 g/mol. The van der Waals surface area contributed by atoms with Gasteiger partial charge in [0.2, 0.25) is 5.91 Å². The molecule has 2 rings (SSSR count). The molecule has 140 valence electrons. The van der Waals surface area contributed by atoms with Gasteiger partial charge in [-0.2, -0.15) is 0 Å². The van der Waals surface area contributed by atoms with Crippen molar-refractivity contribution in [1.29, 1.82) is 0 Å². The van der Waals surface area contributed by atoms with E-state index in [-0.39, 0.29) is 5.91 Å². The van der Waals surface area contributed by atoms with Crippen molar-refractivity contribution in [2.75, 3.05) is 20.3 Å². The Hall–Kier alpha value is -2.49. The summed E-state index contributed by atoms with van der Waals surface area (Å²) in [6, 6.07) is 12.2. The number of carbonyl (C=O) groups excluding carboxylic acids is 1. The Bertz CT molecular complexity index is 740. The molecule has 0 aromatic heterocycles. The molecular formula is C22H29NO3. The maximum absolute atomic E-state index is 12.2. The van der Waals surface area contributed by atoms with Crippen molar-refractivity contribution >= 4 is 5.91 Å². The fourth-order valence-electron chi connectivity index (χ4n) is 2.89. The third-order valence-corrected chi connectivity index (χ3v) is 4.35. The number of benzene rings is 2. The molecule has 0 radical (unpaired) electrons. The van der Waals surface area contributed by atoms with E-state index in [0.717, 1.165) is 35.5 Å². The lowest BCUT2D eigenvalue weighted by Crippen LogP contribution is -2.26. The van der Waals surface area contributed by atoms with Crippen LogP contribution in [0.25, 0.3) is 0 Å². The molecule has 0 unspecified atom stereocenters. The van der Waals surface area contributed by atoms with Crippen molar-refractivity contribution in [2.24, 2.45) is 0 Å². The molecule has 0 spiro atoms. The van der Waals surface area contributed by atoms with E-state index in [9.17, 15) is 4.79 Å². The molecule has 2 aromatic rings. The zero-order chi connectivity index (χ0) is 18.9. The van der Waals surface area contributed by atoms with E-state index in [2.05, 4.69) is 23.5 Å². The molecule has 26 heavy (non-hydrogen) atoms. The maximum Gasteiger partial charge on any atom is 0.224 e. The van der Waals surface area contributed by atoms with E-state index in [1.165, 1.54) is 11.1 Å². The van der Waals surface area contributed by atoms with E-state index in [1.807, 2.05) is 39.0 Å². The third-order valence-electron chi connectivity index (χ3n) is 4.35. The topological polar surface area (TPSA) is 47.6 Å². The molecule has 0 aliphatic rings. The summed E-state index contributed by atoms with van der Waals surface area (Å²) in [5, 5.41) is 3.01. The third kappa shape index (κ3) is 5.80. The molecule has 0 aliphatic heterocycles. The van der Waals surface area contributed by atoms with Gasteiger partial charge in [0.05, 0.1) is 20.1 Å². The summed E-state index contributed by atoms with van der Waals surface area (Å²) in [6.07, 6.45) is 2.20. The van der Waals surface area contributed by atoms with E-state index in [0.29, 0.717) is 19.6 Å². The zero-order valence-electron chi connectivity index (χ0n) is 16.2. The lowest BCUT2D eigenvalue weighted by molar-refractivity contribution is -0.120. The highest BCUT2D eigenvalue weighted by Gasteiger charge is 2.07. The molecule has 0 saturated heterocycles. The Morgan fingerprint density at radius 1 is 1.08 bits per heavy atom. The molecule has 4 nitrogen and oxygen atoms in total. The smallest absolute Gasteiger partial charge is 0.224 e. The monoisotopic (exact) mass is 355 g/mol. The van der Waals surface area contributed by atoms with Crippen LogP contribution in [0, 0.1) is 13.8 Å². The maximum atomic E-state index is 12.2. The lowest BCUT2D eigenvalue weighted by atomic mass is 10.0. The second-order valence-electron chi connectivity index (χ2n) is 6.48. The van der Waals surface area contributed by atoms with Crippen LogP contribution in [0.1, 0.15) is 35.6 Å². The predicted octanol–water partition coefficient (Wildman–Crippen LogP) is 4.00. The van der Waals surface area contributed by atoms with Crippen LogP contribution in [-0.2, 0) is 17.6 Å². The number of rotatable bonds is 9. The van der Waals surface area contributed by atoms with Gasteiger partial charge < -0.3 is 14.8 Å². The van der Waals surface area contributed by atoms with Crippen LogP contribution in [0.2, 0.25) is 0 Å². The van der Waals surface area contributed by atoms with Gasteiger partial charge in [-0.15, -0.1) is 0 Å². The number of nitrogens with one attached hydrogen (secondary N) is 1. The van der Waals surface area contributed by atoms with Crippen LogP contribution < -0.4 is 14.8 Å². The van der Waals surface area contributed by atoms with Crippen molar-refractivity contribution < 1.29 is 14.3 Å². The van der Waals surface area contributed by atoms with Gasteiger partial charge in [-0.25, -0.2) is 0 Å². The van der Waals surface area contributed by atoms with E-state index in [1.54, 1.807) is 7.11 Å². The molecule has 0 aliphatic carbocycles. The van der Waals surface area contributed by atoms with Gasteiger partial charge in [0.15, 0.2) is 11.5 Å². The van der Waals surface area contributed by atoms with E-state index in [4.69, 9.17) is 9.47 Å². The number of hydrogen-bond acceptors (Lipinski definition) is 3. The van der Waals surface area contributed by atoms with Gasteiger partial charge in [0.1, 0.15) is 0 Å². The zero-order valence-corrected chi connectivity index (χ0v) is 16.2. The Balaban J connectivity index is 1.79. The normalized spacial score (nSPS) is 10.5. The van der Waals surface area contributed by atoms with Gasteiger partial charge in [-0.05, 0) is 62.4 Å². The van der Waals surface area contributed by atoms with Crippen LogP contribution >= 0.6 is 0 Å². The first-order chi connectivity index (χ1) is 12.5. The SMILES string of the molecule is CCOc1ccc(CCCNC(=O)Cc2cc(C)ccc2C)cc1OC. The van der Waals surface area contributed by atoms with Crippen molar-refractivity contribution in [3.05, 3.63) is 58.7 Å². The van der Waals surface area contributed by atoms with Crippen LogP contribution in [0.5, 0.6) is 11.5 Å². The van der Waals surface area contributed by atoms with Crippen LogP contribution in [0.3, 0.4) is 0 Å². The van der Waals surface area contributed by atoms with Gasteiger partial charge in [-0.3, -0.25) is 4.79 Å². The number of methoxy groups -OCH3 is 1. The highest BCUT2D eigenvalue weighted by molar-refractivity contribution is 5.78. The fourth-order valence-corrected chi connectivity index (χ4v) is 2.89. The van der Waals surface area contributed by atoms with Gasteiger partial charge in [-0.1, -0.05) is 29.8 Å². The van der Waals surface area contributed by atoms with Gasteiger partial charge in [0, 0.05) is 6.54 Å². The largest absolute Gasteiger partial charge is 0.493 e. The minimum Gasteiger partial charge on any atom is -0.493 e. The molecule has 0 bridgehead atoms. The number of hydrogen-bond donors (Lipinski definition) is 1. The predicted molar refractivity (Wildman–Crippen MR) is 105 cm³/mol. The average molecular weight is 355 g/mol. The summed E-state index contributed by atoms with van der Waals surface area (Å²) in [6.45, 7) is 7.32. The van der Waals surface area contributed by atoms with Crippen LogP contribution in [0.4, 0.5) is 0 Å². The minimum absolute atomic E-state index is 0.0722. The molecule has 0 fully saturated rings. The van der Waals surface area contributed by atoms with Gasteiger partial charge in [0.25, 0.3) is 0 Å². The first-order valence-electron chi connectivity index (χ1n) is 9.16. The molecule has 2 aromatic carbocycles. The van der Waals surface area contributed by atoms with Crippen molar-refractivity contribution in [1.82, 2.24) is 5.32 Å². The quantitative estimate of drug-likeness (QED) is 0.692. The van der Waals surface area contributed by atoms with Crippen molar-refractivity contribution in [3.63, 3.8) is 0 Å². The first-order valence-corrected chi connectivity index (χ1v) is 9.16. The molecule has 4 heteroatoms. The van der Waals surface area contributed by atoms with Crippen molar-refractivity contribution in [2.45, 2.75) is 40.0 Å². The minimum atomic E-state index is 0.0722. The number of carbonyl (C=O) groups is 1. The Morgan fingerprint density at radius 2 is 1.88 bits per heavy atom. The number of amides is 1. The second-order valence-corrected chi connectivity index (χ2v) is 6.48. The Morgan fingerprint density at radius 3 is 2.62 bits per heavy atom. The van der Waals surface area contributed by atoms with E-state index < -0.39 is 0 Å². The summed E-state index contributed by atoms with van der Waals surface area (Å²) < 4.78 is 10.9. The van der Waals surface area contributed by atoms with Gasteiger partial charge >= 0.3 is 0 Å². The van der Waals surface area contributed by atoms with Crippen LogP contribution in [-0.4, -0.2) is 26.2 Å². The summed E-state index contributed by atoms with van der Waals surface area (Å²) in [7, 11) is 1.65. The van der Waals surface area contributed by atoms with Crippen LogP contribution in [0.15, 0.2) is 36.4 Å². The number of ether oxygens (including phenoxy) is 2. The molecule has 1 amide bonds. The Kier molecular flexibility index (Phi) is 7.52. The molecule has 0 heterocycles. The lowest BCUT2D eigenvalue weighted by Gasteiger charge is -2.11. The first kappa shape index (κ1) is 19.8. The Labute approximate surface area is 156 Å². The summed E-state index contributed by atoms with van der Waals surface area (Å²) >= 11 is 0. The standard InChI is InChI=1S/C22H29NO3/c1-5-26-20-11-10-18(14-21(20)25-4)7-6-12-23-22(24)15-19-13-16(2)8-9-17(19)3/h8-11,13-14H,5-7,12,15H2,1-4H3,(H,23,24). The van der Waals surface area contributed by atoms with E-state index >= 15 is 0 Å². The van der Waals surface area contributed by atoms with Crippen molar-refractivity contribution in [3.8, 4) is 11.5 Å². The summed E-state index contributed by atoms with van der Waals surface area (Å²) in [5.41, 5.74) is 4.61.